The molecule has 4 heteroatoms. The van der Waals surface area contributed by atoms with Gasteiger partial charge in [-0.3, -0.25) is 4.79 Å². The van der Waals surface area contributed by atoms with Crippen LogP contribution < -0.4 is 10.6 Å². The summed E-state index contributed by atoms with van der Waals surface area (Å²) in [4.78, 5) is 12.1. The van der Waals surface area contributed by atoms with Crippen molar-refractivity contribution in [3.05, 3.63) is 0 Å². The number of hydrogen-bond acceptors (Lipinski definition) is 3. The highest BCUT2D eigenvalue weighted by molar-refractivity contribution is 5.82. The lowest BCUT2D eigenvalue weighted by Crippen LogP contribution is -2.43. The third-order valence-corrected chi connectivity index (χ3v) is 4.50. The summed E-state index contributed by atoms with van der Waals surface area (Å²) >= 11 is 0. The first-order chi connectivity index (χ1) is 9.31. The minimum atomic E-state index is 0.0621. The summed E-state index contributed by atoms with van der Waals surface area (Å²) in [7, 11) is 1.73. The van der Waals surface area contributed by atoms with Crippen molar-refractivity contribution in [1.82, 2.24) is 10.6 Å². The van der Waals surface area contributed by atoms with Crippen molar-refractivity contribution < 1.29 is 9.53 Å². The number of rotatable bonds is 7. The molecular weight excluding hydrogens is 240 g/mol. The molecule has 2 N–H and O–H groups in total. The van der Waals surface area contributed by atoms with Gasteiger partial charge in [-0.15, -0.1) is 0 Å². The molecule has 110 valence electrons. The van der Waals surface area contributed by atoms with Crippen molar-refractivity contribution in [2.45, 2.75) is 63.5 Å². The highest BCUT2D eigenvalue weighted by atomic mass is 16.5. The van der Waals surface area contributed by atoms with E-state index in [4.69, 9.17) is 4.74 Å². The van der Waals surface area contributed by atoms with Gasteiger partial charge in [0, 0.05) is 26.3 Å². The van der Waals surface area contributed by atoms with Crippen LogP contribution in [-0.4, -0.2) is 38.3 Å². The molecule has 3 unspecified atom stereocenters. The number of carbonyl (C=O) groups excluding carboxylic acids is 1. The van der Waals surface area contributed by atoms with E-state index in [2.05, 4.69) is 10.6 Å². The second kappa shape index (κ2) is 7.85. The molecule has 0 radical (unpaired) electrons. The zero-order valence-electron chi connectivity index (χ0n) is 12.1. The van der Waals surface area contributed by atoms with Gasteiger partial charge >= 0.3 is 0 Å². The van der Waals surface area contributed by atoms with Gasteiger partial charge in [0.15, 0.2) is 0 Å². The molecule has 2 fully saturated rings. The Morgan fingerprint density at radius 1 is 1.26 bits per heavy atom. The topological polar surface area (TPSA) is 50.4 Å². The number of fused-ring (bicyclic) bond motifs is 1. The maximum Gasteiger partial charge on any atom is 0.237 e. The molecule has 0 aromatic heterocycles. The van der Waals surface area contributed by atoms with Gasteiger partial charge in [0.1, 0.15) is 0 Å². The summed E-state index contributed by atoms with van der Waals surface area (Å²) < 4.78 is 5.01. The van der Waals surface area contributed by atoms with E-state index in [9.17, 15) is 4.79 Å². The summed E-state index contributed by atoms with van der Waals surface area (Å²) in [6.45, 7) is 1.62. The molecular formula is C15H28N2O2. The van der Waals surface area contributed by atoms with E-state index >= 15 is 0 Å². The van der Waals surface area contributed by atoms with Crippen LogP contribution in [-0.2, 0) is 9.53 Å². The number of carbonyl (C=O) groups is 1. The van der Waals surface area contributed by atoms with Crippen LogP contribution >= 0.6 is 0 Å². The normalized spacial score (nSPS) is 30.1. The number of nitrogens with one attached hydrogen (secondary N) is 2. The molecule has 4 nitrogen and oxygen atoms in total. The molecule has 0 aromatic rings. The molecule has 1 saturated heterocycles. The van der Waals surface area contributed by atoms with Crippen LogP contribution in [0.25, 0.3) is 0 Å². The molecule has 0 aromatic carbocycles. The number of ether oxygens (including phenoxy) is 1. The third kappa shape index (κ3) is 4.46. The first kappa shape index (κ1) is 14.8. The molecule has 1 saturated carbocycles. The van der Waals surface area contributed by atoms with E-state index in [1.54, 1.807) is 7.11 Å². The number of methoxy groups -OCH3 is 1. The van der Waals surface area contributed by atoms with Gasteiger partial charge < -0.3 is 15.4 Å². The van der Waals surface area contributed by atoms with Crippen molar-refractivity contribution in [1.29, 1.82) is 0 Å². The summed E-state index contributed by atoms with van der Waals surface area (Å²) in [6, 6.07) is 0.665. The predicted octanol–water partition coefficient (Wildman–Crippen LogP) is 1.84. The average Bonchev–Trinajstić information content (AvgIpc) is 2.86. The van der Waals surface area contributed by atoms with E-state index in [1.807, 2.05) is 0 Å². The predicted molar refractivity (Wildman–Crippen MR) is 76.0 cm³/mol. The molecule has 1 amide bonds. The van der Waals surface area contributed by atoms with E-state index in [0.717, 1.165) is 44.8 Å². The van der Waals surface area contributed by atoms with Crippen LogP contribution in [0.3, 0.4) is 0 Å². The molecule has 2 aliphatic rings. The van der Waals surface area contributed by atoms with Crippen molar-refractivity contribution >= 4 is 5.91 Å². The van der Waals surface area contributed by atoms with Gasteiger partial charge in [-0.1, -0.05) is 12.8 Å². The zero-order chi connectivity index (χ0) is 13.5. The Labute approximate surface area is 116 Å². The lowest BCUT2D eigenvalue weighted by Gasteiger charge is -2.24. The van der Waals surface area contributed by atoms with Crippen LogP contribution in [0.5, 0.6) is 0 Å². The third-order valence-electron chi connectivity index (χ3n) is 4.50. The molecule has 0 bridgehead atoms. The van der Waals surface area contributed by atoms with Crippen LogP contribution in [0.2, 0.25) is 0 Å². The molecule has 1 aliphatic heterocycles. The van der Waals surface area contributed by atoms with Gasteiger partial charge in [0.2, 0.25) is 5.91 Å². The molecule has 2 rings (SSSR count). The minimum Gasteiger partial charge on any atom is -0.385 e. The van der Waals surface area contributed by atoms with Crippen LogP contribution in [0.15, 0.2) is 0 Å². The number of amides is 1. The van der Waals surface area contributed by atoms with Crippen molar-refractivity contribution in [3.63, 3.8) is 0 Å². The number of hydrogen-bond donors (Lipinski definition) is 2. The van der Waals surface area contributed by atoms with Crippen molar-refractivity contribution in [2.24, 2.45) is 5.92 Å². The molecule has 1 heterocycles. The van der Waals surface area contributed by atoms with E-state index in [-0.39, 0.29) is 11.9 Å². The first-order valence-electron chi connectivity index (χ1n) is 7.84. The molecule has 0 spiro atoms. The van der Waals surface area contributed by atoms with Crippen molar-refractivity contribution in [2.75, 3.05) is 20.3 Å². The average molecular weight is 268 g/mol. The van der Waals surface area contributed by atoms with Crippen LogP contribution in [0, 0.1) is 5.92 Å². The van der Waals surface area contributed by atoms with Crippen LogP contribution in [0.1, 0.15) is 51.4 Å². The fourth-order valence-corrected chi connectivity index (χ4v) is 3.40. The van der Waals surface area contributed by atoms with Gasteiger partial charge in [0.25, 0.3) is 0 Å². The second-order valence-electron chi connectivity index (χ2n) is 5.95. The van der Waals surface area contributed by atoms with Gasteiger partial charge in [0.05, 0.1) is 6.04 Å². The Bertz CT molecular complexity index is 269. The maximum atomic E-state index is 12.1. The van der Waals surface area contributed by atoms with E-state index in [1.165, 1.54) is 25.7 Å². The van der Waals surface area contributed by atoms with E-state index < -0.39 is 0 Å². The largest absolute Gasteiger partial charge is 0.385 e. The van der Waals surface area contributed by atoms with Gasteiger partial charge in [-0.2, -0.15) is 0 Å². The monoisotopic (exact) mass is 268 g/mol. The summed E-state index contributed by atoms with van der Waals surface area (Å²) in [5.74, 6) is 0.951. The summed E-state index contributed by atoms with van der Waals surface area (Å²) in [5, 5.41) is 6.59. The highest BCUT2D eigenvalue weighted by Crippen LogP contribution is 2.33. The quantitative estimate of drug-likeness (QED) is 0.693. The van der Waals surface area contributed by atoms with Crippen molar-refractivity contribution in [3.8, 4) is 0 Å². The maximum absolute atomic E-state index is 12.1. The van der Waals surface area contributed by atoms with E-state index in [0.29, 0.717) is 6.04 Å². The molecule has 19 heavy (non-hydrogen) atoms. The Kier molecular flexibility index (Phi) is 6.11. The zero-order valence-corrected chi connectivity index (χ0v) is 12.1. The van der Waals surface area contributed by atoms with Crippen LogP contribution in [0.4, 0.5) is 0 Å². The fraction of sp³-hybridized carbons (Fsp3) is 0.933. The lowest BCUT2D eigenvalue weighted by molar-refractivity contribution is -0.122. The molecule has 3 atom stereocenters. The summed E-state index contributed by atoms with van der Waals surface area (Å²) in [6.07, 6.45) is 9.52. The Morgan fingerprint density at radius 3 is 2.89 bits per heavy atom. The van der Waals surface area contributed by atoms with Gasteiger partial charge in [-0.25, -0.2) is 0 Å². The highest BCUT2D eigenvalue weighted by Gasteiger charge is 2.37. The summed E-state index contributed by atoms with van der Waals surface area (Å²) in [5.41, 5.74) is 0. The Hall–Kier alpha value is -0.610. The smallest absolute Gasteiger partial charge is 0.237 e. The molecule has 1 aliphatic carbocycles. The van der Waals surface area contributed by atoms with Gasteiger partial charge in [-0.05, 0) is 44.4 Å². The fourth-order valence-electron chi connectivity index (χ4n) is 3.40. The standard InChI is InChI=1S/C15H28N2O2/c1-19-10-6-2-5-9-16-15(18)14-11-12-7-3-4-8-13(12)17-14/h12-14,17H,2-11H2,1H3,(H,16,18). The Morgan fingerprint density at radius 2 is 2.11 bits per heavy atom. The second-order valence-corrected chi connectivity index (χ2v) is 5.95. The first-order valence-corrected chi connectivity index (χ1v) is 7.84. The number of unbranched alkanes of at least 4 members (excludes halogenated alkanes) is 2. The minimum absolute atomic E-state index is 0.0621. The lowest BCUT2D eigenvalue weighted by atomic mass is 9.85. The SMILES string of the molecule is COCCCCCNC(=O)C1CC2CCCCC2N1. The Balaban J connectivity index is 1.59.